The Morgan fingerprint density at radius 2 is 1.94 bits per heavy atom. The number of amides is 1. The molecule has 0 saturated carbocycles. The first-order valence-corrected chi connectivity index (χ1v) is 6.21. The Labute approximate surface area is 101 Å². The van der Waals surface area contributed by atoms with Gasteiger partial charge in [-0.25, -0.2) is 0 Å². The van der Waals surface area contributed by atoms with E-state index in [1.807, 2.05) is 18.2 Å². The highest BCUT2D eigenvalue weighted by Gasteiger charge is 2.28. The van der Waals surface area contributed by atoms with Crippen molar-refractivity contribution in [2.75, 3.05) is 29.9 Å². The van der Waals surface area contributed by atoms with Crippen LogP contribution in [0.4, 0.5) is 11.4 Å². The number of carbonyl (C=O) groups is 1. The smallest absolute Gasteiger partial charge is 0.243 e. The van der Waals surface area contributed by atoms with Gasteiger partial charge in [0, 0.05) is 6.04 Å². The van der Waals surface area contributed by atoms with Gasteiger partial charge >= 0.3 is 0 Å². The average molecular weight is 231 g/mol. The number of fused-ring (bicyclic) bond motifs is 1. The summed E-state index contributed by atoms with van der Waals surface area (Å²) in [7, 11) is 0. The molecule has 1 aromatic carbocycles. The second-order valence-corrected chi connectivity index (χ2v) is 4.67. The molecule has 2 N–H and O–H groups in total. The minimum Gasteiger partial charge on any atom is -0.357 e. The third kappa shape index (κ3) is 2.00. The Hall–Kier alpha value is -1.55. The van der Waals surface area contributed by atoms with Crippen LogP contribution in [0.5, 0.6) is 0 Å². The summed E-state index contributed by atoms with van der Waals surface area (Å²) in [6, 6.07) is 8.55. The lowest BCUT2D eigenvalue weighted by atomic mass is 10.0. The zero-order chi connectivity index (χ0) is 11.7. The van der Waals surface area contributed by atoms with Crippen LogP contribution in [-0.4, -0.2) is 31.6 Å². The zero-order valence-corrected chi connectivity index (χ0v) is 9.78. The molecule has 0 bridgehead atoms. The quantitative estimate of drug-likeness (QED) is 0.763. The van der Waals surface area contributed by atoms with E-state index in [4.69, 9.17) is 0 Å². The molecule has 1 amide bonds. The number of benzene rings is 1. The first-order valence-electron chi connectivity index (χ1n) is 6.21. The molecule has 3 rings (SSSR count). The molecule has 4 heteroatoms. The van der Waals surface area contributed by atoms with Gasteiger partial charge in [-0.2, -0.15) is 0 Å². The van der Waals surface area contributed by atoms with Gasteiger partial charge in [-0.1, -0.05) is 12.1 Å². The van der Waals surface area contributed by atoms with Crippen molar-refractivity contribution in [1.29, 1.82) is 0 Å². The molecule has 0 aromatic heterocycles. The Balaban J connectivity index is 1.91. The molecule has 0 spiro atoms. The number of piperidine rings is 1. The highest BCUT2D eigenvalue weighted by atomic mass is 16.2. The maximum atomic E-state index is 11.7. The third-order valence-corrected chi connectivity index (χ3v) is 3.55. The minimum atomic E-state index is 0.0993. The van der Waals surface area contributed by atoms with Crippen molar-refractivity contribution in [2.45, 2.75) is 18.9 Å². The second-order valence-electron chi connectivity index (χ2n) is 4.67. The van der Waals surface area contributed by atoms with Gasteiger partial charge in [0.2, 0.25) is 5.91 Å². The molecule has 0 aliphatic carbocycles. The van der Waals surface area contributed by atoms with Crippen molar-refractivity contribution < 1.29 is 4.79 Å². The van der Waals surface area contributed by atoms with E-state index in [1.165, 1.54) is 5.69 Å². The van der Waals surface area contributed by atoms with Crippen molar-refractivity contribution in [3.05, 3.63) is 24.3 Å². The van der Waals surface area contributed by atoms with Crippen LogP contribution in [0.15, 0.2) is 24.3 Å². The number of para-hydroxylation sites is 2. The van der Waals surface area contributed by atoms with Crippen LogP contribution >= 0.6 is 0 Å². The number of carbonyl (C=O) groups excluding carboxylic acids is 1. The van der Waals surface area contributed by atoms with Crippen molar-refractivity contribution in [3.8, 4) is 0 Å². The molecule has 1 fully saturated rings. The molecule has 2 aliphatic heterocycles. The number of hydrogen-bond donors (Lipinski definition) is 2. The van der Waals surface area contributed by atoms with Crippen LogP contribution in [0, 0.1) is 0 Å². The van der Waals surface area contributed by atoms with Crippen LogP contribution in [0.25, 0.3) is 0 Å². The number of anilines is 2. The van der Waals surface area contributed by atoms with Gasteiger partial charge in [-0.15, -0.1) is 0 Å². The molecule has 1 saturated heterocycles. The summed E-state index contributed by atoms with van der Waals surface area (Å²) in [5.74, 6) is 0.0993. The summed E-state index contributed by atoms with van der Waals surface area (Å²) in [6.45, 7) is 2.58. The first-order chi connectivity index (χ1) is 8.34. The fourth-order valence-corrected chi connectivity index (χ4v) is 2.70. The van der Waals surface area contributed by atoms with Gasteiger partial charge in [0.05, 0.1) is 17.9 Å². The molecule has 1 aromatic rings. The van der Waals surface area contributed by atoms with Gasteiger partial charge < -0.3 is 15.5 Å². The van der Waals surface area contributed by atoms with E-state index in [9.17, 15) is 4.79 Å². The van der Waals surface area contributed by atoms with Crippen molar-refractivity contribution in [3.63, 3.8) is 0 Å². The molecule has 17 heavy (non-hydrogen) atoms. The third-order valence-electron chi connectivity index (χ3n) is 3.55. The molecular formula is C13H17N3O. The van der Waals surface area contributed by atoms with Crippen LogP contribution in [0.2, 0.25) is 0 Å². The van der Waals surface area contributed by atoms with E-state index in [0.29, 0.717) is 12.6 Å². The predicted octanol–water partition coefficient (Wildman–Crippen LogP) is 1.20. The predicted molar refractivity (Wildman–Crippen MR) is 68.3 cm³/mol. The van der Waals surface area contributed by atoms with E-state index in [2.05, 4.69) is 21.6 Å². The summed E-state index contributed by atoms with van der Waals surface area (Å²) in [5.41, 5.74) is 2.11. The maximum Gasteiger partial charge on any atom is 0.243 e. The normalized spacial score (nSPS) is 20.9. The molecule has 2 heterocycles. The Morgan fingerprint density at radius 3 is 2.76 bits per heavy atom. The topological polar surface area (TPSA) is 44.4 Å². The van der Waals surface area contributed by atoms with Crippen LogP contribution in [-0.2, 0) is 4.79 Å². The highest BCUT2D eigenvalue weighted by molar-refractivity contribution is 6.01. The number of rotatable bonds is 1. The van der Waals surface area contributed by atoms with Crippen molar-refractivity contribution in [2.24, 2.45) is 0 Å². The second kappa shape index (κ2) is 4.37. The maximum absolute atomic E-state index is 11.7. The molecule has 90 valence electrons. The SMILES string of the molecule is O=C1CN(C2CCNCC2)c2ccccc2N1. The summed E-state index contributed by atoms with van der Waals surface area (Å²) in [6.07, 6.45) is 2.23. The van der Waals surface area contributed by atoms with Crippen molar-refractivity contribution in [1.82, 2.24) is 5.32 Å². The zero-order valence-electron chi connectivity index (χ0n) is 9.78. The molecule has 2 aliphatic rings. The summed E-state index contributed by atoms with van der Waals surface area (Å²) in [5, 5.41) is 6.29. The van der Waals surface area contributed by atoms with Gasteiger partial charge in [0.15, 0.2) is 0 Å². The highest BCUT2D eigenvalue weighted by Crippen LogP contribution is 2.32. The fourth-order valence-electron chi connectivity index (χ4n) is 2.70. The summed E-state index contributed by atoms with van der Waals surface area (Å²) < 4.78 is 0. The summed E-state index contributed by atoms with van der Waals surface area (Å²) >= 11 is 0. The van der Waals surface area contributed by atoms with E-state index >= 15 is 0 Å². The van der Waals surface area contributed by atoms with E-state index < -0.39 is 0 Å². The number of hydrogen-bond acceptors (Lipinski definition) is 3. The van der Waals surface area contributed by atoms with E-state index in [-0.39, 0.29) is 5.91 Å². The summed E-state index contributed by atoms with van der Waals surface area (Å²) in [4.78, 5) is 14.0. The molecular weight excluding hydrogens is 214 g/mol. The van der Waals surface area contributed by atoms with Crippen LogP contribution in [0.3, 0.4) is 0 Å². The van der Waals surface area contributed by atoms with Gasteiger partial charge in [-0.3, -0.25) is 4.79 Å². The molecule has 0 radical (unpaired) electrons. The average Bonchev–Trinajstić information content (AvgIpc) is 2.39. The lowest BCUT2D eigenvalue weighted by Gasteiger charge is -2.39. The van der Waals surface area contributed by atoms with Crippen LogP contribution in [0.1, 0.15) is 12.8 Å². The Kier molecular flexibility index (Phi) is 2.73. The van der Waals surface area contributed by atoms with Gasteiger partial charge in [0.25, 0.3) is 0 Å². The molecule has 0 atom stereocenters. The number of nitrogens with zero attached hydrogens (tertiary/aromatic N) is 1. The number of nitrogens with one attached hydrogen (secondary N) is 2. The largest absolute Gasteiger partial charge is 0.357 e. The van der Waals surface area contributed by atoms with Crippen molar-refractivity contribution >= 4 is 17.3 Å². The fraction of sp³-hybridized carbons (Fsp3) is 0.462. The van der Waals surface area contributed by atoms with Gasteiger partial charge in [0.1, 0.15) is 0 Å². The van der Waals surface area contributed by atoms with Gasteiger partial charge in [-0.05, 0) is 38.1 Å². The molecule has 0 unspecified atom stereocenters. The molecule has 4 nitrogen and oxygen atoms in total. The Bertz CT molecular complexity index is 426. The lowest BCUT2D eigenvalue weighted by Crippen LogP contribution is -2.48. The van der Waals surface area contributed by atoms with E-state index in [0.717, 1.165) is 31.6 Å². The Morgan fingerprint density at radius 1 is 1.18 bits per heavy atom. The monoisotopic (exact) mass is 231 g/mol. The lowest BCUT2D eigenvalue weighted by molar-refractivity contribution is -0.115. The standard InChI is InChI=1S/C13H17N3O/c17-13-9-16(10-5-7-14-8-6-10)12-4-2-1-3-11(12)15-13/h1-4,10,14H,5-9H2,(H,15,17). The van der Waals surface area contributed by atoms with E-state index in [1.54, 1.807) is 0 Å². The first kappa shape index (κ1) is 10.6. The minimum absolute atomic E-state index is 0.0993. The van der Waals surface area contributed by atoms with Crippen LogP contribution < -0.4 is 15.5 Å².